The molecule has 18 heavy (non-hydrogen) atoms. The molecule has 98 valence electrons. The Labute approximate surface area is 108 Å². The first-order chi connectivity index (χ1) is 8.61. The molecule has 0 aromatic heterocycles. The van der Waals surface area contributed by atoms with Crippen LogP contribution in [0.25, 0.3) is 0 Å². The number of aryl methyl sites for hydroxylation is 1. The largest absolute Gasteiger partial charge is 0.465 e. The van der Waals surface area contributed by atoms with Crippen LogP contribution in [0, 0.1) is 12.8 Å². The minimum atomic E-state index is -0.670. The maximum Gasteiger partial charge on any atom is 0.316 e. The highest BCUT2D eigenvalue weighted by atomic mass is 16.5. The molecular formula is C15H20O3. The Morgan fingerprint density at radius 3 is 2.44 bits per heavy atom. The van der Waals surface area contributed by atoms with Gasteiger partial charge in [0.05, 0.1) is 6.61 Å². The van der Waals surface area contributed by atoms with E-state index in [1.165, 1.54) is 0 Å². The van der Waals surface area contributed by atoms with Gasteiger partial charge in [0.25, 0.3) is 0 Å². The average molecular weight is 248 g/mol. The van der Waals surface area contributed by atoms with Crippen molar-refractivity contribution in [3.05, 3.63) is 35.4 Å². The van der Waals surface area contributed by atoms with Crippen molar-refractivity contribution in [1.82, 2.24) is 0 Å². The van der Waals surface area contributed by atoms with Crippen LogP contribution in [0.5, 0.6) is 0 Å². The lowest BCUT2D eigenvalue weighted by atomic mass is 9.91. The van der Waals surface area contributed by atoms with Crippen LogP contribution in [0.3, 0.4) is 0 Å². The molecule has 1 aromatic rings. The van der Waals surface area contributed by atoms with Crippen molar-refractivity contribution in [3.63, 3.8) is 0 Å². The van der Waals surface area contributed by atoms with E-state index in [1.54, 1.807) is 13.0 Å². The number of hydrogen-bond donors (Lipinski definition) is 0. The molecule has 0 aliphatic carbocycles. The lowest BCUT2D eigenvalue weighted by Gasteiger charge is -2.14. The predicted molar refractivity (Wildman–Crippen MR) is 70.5 cm³/mol. The number of ketones is 1. The molecule has 0 fully saturated rings. The number of rotatable bonds is 6. The van der Waals surface area contributed by atoms with Gasteiger partial charge in [-0.05, 0) is 25.8 Å². The van der Waals surface area contributed by atoms with Gasteiger partial charge in [-0.15, -0.1) is 0 Å². The first kappa shape index (κ1) is 14.4. The molecule has 0 heterocycles. The molecule has 0 N–H and O–H groups in total. The highest BCUT2D eigenvalue weighted by Gasteiger charge is 2.28. The van der Waals surface area contributed by atoms with Crippen molar-refractivity contribution >= 4 is 11.8 Å². The van der Waals surface area contributed by atoms with Crippen molar-refractivity contribution < 1.29 is 14.3 Å². The monoisotopic (exact) mass is 248 g/mol. The summed E-state index contributed by atoms with van der Waals surface area (Å²) in [5.41, 5.74) is 1.51. The topological polar surface area (TPSA) is 43.4 Å². The zero-order valence-corrected chi connectivity index (χ0v) is 11.2. The Hall–Kier alpha value is -1.64. The maximum atomic E-state index is 12.4. The summed E-state index contributed by atoms with van der Waals surface area (Å²) in [6, 6.07) is 7.33. The summed E-state index contributed by atoms with van der Waals surface area (Å²) in [6.07, 6.45) is 1.31. The molecule has 0 aliphatic heterocycles. The lowest BCUT2D eigenvalue weighted by Crippen LogP contribution is -2.26. The third-order valence-electron chi connectivity index (χ3n) is 2.88. The van der Waals surface area contributed by atoms with Gasteiger partial charge in [0.1, 0.15) is 5.92 Å². The summed E-state index contributed by atoms with van der Waals surface area (Å²) < 4.78 is 4.98. The molecule has 0 saturated carbocycles. The van der Waals surface area contributed by atoms with E-state index >= 15 is 0 Å². The average Bonchev–Trinajstić information content (AvgIpc) is 2.36. The number of carbonyl (C=O) groups excluding carboxylic acids is 2. The van der Waals surface area contributed by atoms with Crippen LogP contribution in [0.2, 0.25) is 0 Å². The van der Waals surface area contributed by atoms with Gasteiger partial charge in [-0.2, -0.15) is 0 Å². The third-order valence-corrected chi connectivity index (χ3v) is 2.88. The quantitative estimate of drug-likeness (QED) is 0.441. The molecule has 0 aliphatic rings. The molecule has 0 amide bonds. The van der Waals surface area contributed by atoms with Crippen molar-refractivity contribution in [3.8, 4) is 0 Å². The summed E-state index contributed by atoms with van der Waals surface area (Å²) in [6.45, 7) is 5.89. The second-order valence-corrected chi connectivity index (χ2v) is 4.27. The van der Waals surface area contributed by atoms with E-state index in [2.05, 4.69) is 0 Å². The molecule has 1 unspecified atom stereocenters. The summed E-state index contributed by atoms with van der Waals surface area (Å²) in [5.74, 6) is -1.21. The Kier molecular flexibility index (Phi) is 5.56. The number of carbonyl (C=O) groups is 2. The van der Waals surface area contributed by atoms with Crippen molar-refractivity contribution in [2.75, 3.05) is 6.61 Å². The minimum absolute atomic E-state index is 0.131. The van der Waals surface area contributed by atoms with Gasteiger partial charge in [0, 0.05) is 5.56 Å². The zero-order valence-electron chi connectivity index (χ0n) is 11.2. The first-order valence-corrected chi connectivity index (χ1v) is 6.38. The Bertz CT molecular complexity index is 424. The fourth-order valence-electron chi connectivity index (χ4n) is 1.92. The highest BCUT2D eigenvalue weighted by molar-refractivity contribution is 6.09. The Morgan fingerprint density at radius 2 is 1.89 bits per heavy atom. The molecule has 3 heteroatoms. The van der Waals surface area contributed by atoms with Gasteiger partial charge < -0.3 is 4.74 Å². The van der Waals surface area contributed by atoms with Crippen LogP contribution >= 0.6 is 0 Å². The smallest absolute Gasteiger partial charge is 0.316 e. The fraction of sp³-hybridized carbons (Fsp3) is 0.467. The van der Waals surface area contributed by atoms with E-state index in [9.17, 15) is 9.59 Å². The predicted octanol–water partition coefficient (Wildman–Crippen LogP) is 3.16. The van der Waals surface area contributed by atoms with Crippen LogP contribution < -0.4 is 0 Å². The zero-order chi connectivity index (χ0) is 13.5. The number of hydrogen-bond acceptors (Lipinski definition) is 3. The first-order valence-electron chi connectivity index (χ1n) is 6.38. The van der Waals surface area contributed by atoms with Crippen molar-refractivity contribution in [1.29, 1.82) is 0 Å². The molecule has 0 saturated heterocycles. The number of benzene rings is 1. The van der Waals surface area contributed by atoms with E-state index in [-0.39, 0.29) is 5.78 Å². The summed E-state index contributed by atoms with van der Waals surface area (Å²) in [4.78, 5) is 24.2. The molecular weight excluding hydrogens is 228 g/mol. The normalized spacial score (nSPS) is 11.9. The molecule has 0 spiro atoms. The van der Waals surface area contributed by atoms with E-state index in [0.717, 1.165) is 12.0 Å². The third kappa shape index (κ3) is 3.42. The molecule has 0 radical (unpaired) electrons. The Morgan fingerprint density at radius 1 is 1.22 bits per heavy atom. The number of Topliss-reactive ketones (excluding diaryl/α,β-unsaturated/α-hetero) is 1. The summed E-state index contributed by atoms with van der Waals surface area (Å²) in [7, 11) is 0. The standard InChI is InChI=1S/C15H20O3/c1-4-8-13(15(17)18-5-2)14(16)12-10-7-6-9-11(12)3/h6-7,9-10,13H,4-5,8H2,1-3H3. The number of esters is 1. The Balaban J connectivity index is 2.96. The second-order valence-electron chi connectivity index (χ2n) is 4.27. The maximum absolute atomic E-state index is 12.4. The van der Waals surface area contributed by atoms with E-state index < -0.39 is 11.9 Å². The van der Waals surface area contributed by atoms with Gasteiger partial charge in [-0.25, -0.2) is 0 Å². The molecule has 1 rings (SSSR count). The molecule has 1 atom stereocenters. The van der Waals surface area contributed by atoms with E-state index in [1.807, 2.05) is 32.0 Å². The van der Waals surface area contributed by atoms with Crippen LogP contribution in [0.1, 0.15) is 42.6 Å². The lowest BCUT2D eigenvalue weighted by molar-refractivity contribution is -0.146. The summed E-state index contributed by atoms with van der Waals surface area (Å²) in [5, 5.41) is 0. The van der Waals surface area contributed by atoms with Gasteiger partial charge in [-0.3, -0.25) is 9.59 Å². The summed E-state index contributed by atoms with van der Waals surface area (Å²) >= 11 is 0. The molecule has 3 nitrogen and oxygen atoms in total. The van der Waals surface area contributed by atoms with Gasteiger partial charge in [0.2, 0.25) is 0 Å². The van der Waals surface area contributed by atoms with Crippen LogP contribution in [-0.2, 0) is 9.53 Å². The van der Waals surface area contributed by atoms with Crippen LogP contribution in [0.4, 0.5) is 0 Å². The molecule has 1 aromatic carbocycles. The van der Waals surface area contributed by atoms with Gasteiger partial charge in [0.15, 0.2) is 5.78 Å². The van der Waals surface area contributed by atoms with Crippen molar-refractivity contribution in [2.45, 2.75) is 33.6 Å². The van der Waals surface area contributed by atoms with Gasteiger partial charge >= 0.3 is 5.97 Å². The number of ether oxygens (including phenoxy) is 1. The fourth-order valence-corrected chi connectivity index (χ4v) is 1.92. The van der Waals surface area contributed by atoms with Gasteiger partial charge in [-0.1, -0.05) is 37.6 Å². The van der Waals surface area contributed by atoms with Crippen LogP contribution in [0.15, 0.2) is 24.3 Å². The van der Waals surface area contributed by atoms with Crippen LogP contribution in [-0.4, -0.2) is 18.4 Å². The van der Waals surface area contributed by atoms with E-state index in [0.29, 0.717) is 18.6 Å². The minimum Gasteiger partial charge on any atom is -0.465 e. The second kappa shape index (κ2) is 6.94. The SMILES string of the molecule is CCCC(C(=O)OCC)C(=O)c1ccccc1C. The van der Waals surface area contributed by atoms with Crippen molar-refractivity contribution in [2.24, 2.45) is 5.92 Å². The van der Waals surface area contributed by atoms with E-state index in [4.69, 9.17) is 4.74 Å². The highest BCUT2D eigenvalue weighted by Crippen LogP contribution is 2.18. The molecule has 0 bridgehead atoms.